The van der Waals surface area contributed by atoms with E-state index in [0.29, 0.717) is 6.29 Å². The first-order chi connectivity index (χ1) is 8.58. The van der Waals surface area contributed by atoms with Gasteiger partial charge in [-0.05, 0) is 30.4 Å². The lowest BCUT2D eigenvalue weighted by atomic mass is 10.1. The number of nitrogens with one attached hydrogen (secondary N) is 1. The Morgan fingerprint density at radius 1 is 1.50 bits per heavy atom. The number of thiophene rings is 1. The molecule has 1 atom stereocenters. The van der Waals surface area contributed by atoms with Crippen LogP contribution >= 0.6 is 11.3 Å². The van der Waals surface area contributed by atoms with Gasteiger partial charge in [-0.15, -0.1) is 11.3 Å². The van der Waals surface area contributed by atoms with E-state index in [1.165, 1.54) is 11.8 Å². The van der Waals surface area contributed by atoms with Crippen molar-refractivity contribution in [1.82, 2.24) is 5.32 Å². The standard InChI is InChI=1S/C13H17NO3S/c1-3-12-10(4-5-18-12)6-13(17)14-7-11(16)9(2)8-15/h4-5,8-9H,3,6-7H2,1-2H3,(H,14,17). The number of hydrogen-bond donors (Lipinski definition) is 1. The number of hydrogen-bond acceptors (Lipinski definition) is 4. The SMILES string of the molecule is CCc1sccc1CC(=O)NCC(=O)C(C)C=O. The van der Waals surface area contributed by atoms with E-state index in [1.807, 2.05) is 18.4 Å². The van der Waals surface area contributed by atoms with Crippen LogP contribution in [0.25, 0.3) is 0 Å². The van der Waals surface area contributed by atoms with Gasteiger partial charge in [-0.2, -0.15) is 0 Å². The summed E-state index contributed by atoms with van der Waals surface area (Å²) in [5.41, 5.74) is 1.01. The fourth-order valence-corrected chi connectivity index (χ4v) is 2.35. The summed E-state index contributed by atoms with van der Waals surface area (Å²) >= 11 is 1.63. The number of rotatable bonds is 7. The fraction of sp³-hybridized carbons (Fsp3) is 0.462. The highest BCUT2D eigenvalue weighted by atomic mass is 32.1. The molecule has 1 heterocycles. The zero-order valence-electron chi connectivity index (χ0n) is 10.6. The maximum absolute atomic E-state index is 11.6. The molecule has 0 fully saturated rings. The average Bonchev–Trinajstić information content (AvgIpc) is 2.82. The van der Waals surface area contributed by atoms with Crippen molar-refractivity contribution in [3.05, 3.63) is 21.9 Å². The molecular formula is C13H17NO3S. The van der Waals surface area contributed by atoms with E-state index in [-0.39, 0.29) is 24.7 Å². The number of carbonyl (C=O) groups excluding carboxylic acids is 3. The molecule has 18 heavy (non-hydrogen) atoms. The van der Waals surface area contributed by atoms with Gasteiger partial charge >= 0.3 is 0 Å². The molecule has 1 aromatic rings. The van der Waals surface area contributed by atoms with Crippen molar-refractivity contribution in [2.75, 3.05) is 6.54 Å². The molecule has 1 aromatic heterocycles. The Morgan fingerprint density at radius 3 is 2.83 bits per heavy atom. The highest BCUT2D eigenvalue weighted by Crippen LogP contribution is 2.17. The molecule has 0 aromatic carbocycles. The molecule has 1 N–H and O–H groups in total. The third-order valence-electron chi connectivity index (χ3n) is 2.68. The first kappa shape index (κ1) is 14.6. The molecule has 98 valence electrons. The van der Waals surface area contributed by atoms with Crippen molar-refractivity contribution >= 4 is 29.3 Å². The Balaban J connectivity index is 2.43. The monoisotopic (exact) mass is 267 g/mol. The van der Waals surface area contributed by atoms with Crippen LogP contribution in [0, 0.1) is 5.92 Å². The van der Waals surface area contributed by atoms with Gasteiger partial charge in [0.25, 0.3) is 0 Å². The first-order valence-corrected chi connectivity index (χ1v) is 6.76. The van der Waals surface area contributed by atoms with E-state index in [0.717, 1.165) is 12.0 Å². The van der Waals surface area contributed by atoms with E-state index < -0.39 is 5.92 Å². The van der Waals surface area contributed by atoms with Crippen molar-refractivity contribution in [1.29, 1.82) is 0 Å². The van der Waals surface area contributed by atoms with Crippen molar-refractivity contribution in [2.24, 2.45) is 5.92 Å². The summed E-state index contributed by atoms with van der Waals surface area (Å²) in [6, 6.07) is 1.93. The number of aryl methyl sites for hydroxylation is 1. The number of amides is 1. The van der Waals surface area contributed by atoms with Crippen molar-refractivity contribution < 1.29 is 14.4 Å². The van der Waals surface area contributed by atoms with Crippen LogP contribution < -0.4 is 5.32 Å². The van der Waals surface area contributed by atoms with Gasteiger partial charge < -0.3 is 10.1 Å². The van der Waals surface area contributed by atoms with Gasteiger partial charge in [-0.25, -0.2) is 0 Å². The van der Waals surface area contributed by atoms with Gasteiger partial charge in [-0.3, -0.25) is 9.59 Å². The van der Waals surface area contributed by atoms with Crippen LogP contribution in [0.2, 0.25) is 0 Å². The molecule has 1 amide bonds. The van der Waals surface area contributed by atoms with Gasteiger partial charge in [-0.1, -0.05) is 6.92 Å². The van der Waals surface area contributed by atoms with E-state index in [9.17, 15) is 14.4 Å². The minimum atomic E-state index is -0.655. The third-order valence-corrected chi connectivity index (χ3v) is 3.79. The Morgan fingerprint density at radius 2 is 2.22 bits per heavy atom. The molecule has 1 unspecified atom stereocenters. The number of carbonyl (C=O) groups is 3. The van der Waals surface area contributed by atoms with Crippen molar-refractivity contribution in [3.8, 4) is 0 Å². The predicted molar refractivity (Wildman–Crippen MR) is 70.6 cm³/mol. The van der Waals surface area contributed by atoms with Gasteiger partial charge in [0.05, 0.1) is 18.9 Å². The number of aldehydes is 1. The molecule has 4 nitrogen and oxygen atoms in total. The second-order valence-electron chi connectivity index (χ2n) is 4.07. The van der Waals surface area contributed by atoms with E-state index >= 15 is 0 Å². The Bertz CT molecular complexity index is 439. The molecule has 0 saturated heterocycles. The van der Waals surface area contributed by atoms with Crippen LogP contribution in [-0.2, 0) is 27.2 Å². The van der Waals surface area contributed by atoms with Gasteiger partial charge in [0, 0.05) is 4.88 Å². The van der Waals surface area contributed by atoms with Crippen LogP contribution in [0.3, 0.4) is 0 Å². The summed E-state index contributed by atoms with van der Waals surface area (Å²) in [4.78, 5) is 34.6. The van der Waals surface area contributed by atoms with Crippen LogP contribution in [-0.4, -0.2) is 24.5 Å². The van der Waals surface area contributed by atoms with Gasteiger partial charge in [0.15, 0.2) is 5.78 Å². The molecule has 0 spiro atoms. The molecule has 0 radical (unpaired) electrons. The Kier molecular flexibility index (Phi) is 5.71. The number of ketones is 1. The van der Waals surface area contributed by atoms with Crippen LogP contribution in [0.1, 0.15) is 24.3 Å². The zero-order chi connectivity index (χ0) is 13.5. The van der Waals surface area contributed by atoms with Crippen molar-refractivity contribution in [2.45, 2.75) is 26.7 Å². The fourth-order valence-electron chi connectivity index (χ4n) is 1.49. The molecule has 0 aliphatic heterocycles. The highest BCUT2D eigenvalue weighted by molar-refractivity contribution is 7.10. The topological polar surface area (TPSA) is 63.2 Å². The summed E-state index contributed by atoms with van der Waals surface area (Å²) in [5, 5.41) is 4.50. The van der Waals surface area contributed by atoms with E-state index in [4.69, 9.17) is 0 Å². The summed E-state index contributed by atoms with van der Waals surface area (Å²) in [7, 11) is 0. The van der Waals surface area contributed by atoms with Gasteiger partial charge in [0.2, 0.25) is 5.91 Å². The van der Waals surface area contributed by atoms with Crippen molar-refractivity contribution in [3.63, 3.8) is 0 Å². The molecule has 0 saturated carbocycles. The maximum atomic E-state index is 11.6. The zero-order valence-corrected chi connectivity index (χ0v) is 11.4. The lowest BCUT2D eigenvalue weighted by Crippen LogP contribution is -2.33. The van der Waals surface area contributed by atoms with Crippen LogP contribution in [0.15, 0.2) is 11.4 Å². The Hall–Kier alpha value is -1.49. The maximum Gasteiger partial charge on any atom is 0.224 e. The molecular weight excluding hydrogens is 250 g/mol. The summed E-state index contributed by atoms with van der Waals surface area (Å²) in [6.07, 6.45) is 1.78. The van der Waals surface area contributed by atoms with Crippen LogP contribution in [0.4, 0.5) is 0 Å². The largest absolute Gasteiger partial charge is 0.349 e. The smallest absolute Gasteiger partial charge is 0.224 e. The third kappa shape index (κ3) is 4.07. The summed E-state index contributed by atoms with van der Waals surface area (Å²) < 4.78 is 0. The van der Waals surface area contributed by atoms with E-state index in [2.05, 4.69) is 5.32 Å². The molecule has 5 heteroatoms. The molecule has 0 bridgehead atoms. The minimum Gasteiger partial charge on any atom is -0.349 e. The second-order valence-corrected chi connectivity index (χ2v) is 5.07. The van der Waals surface area contributed by atoms with Crippen LogP contribution in [0.5, 0.6) is 0 Å². The quantitative estimate of drug-likeness (QED) is 0.599. The minimum absolute atomic E-state index is 0.0790. The lowest BCUT2D eigenvalue weighted by Gasteiger charge is -2.06. The molecule has 1 rings (SSSR count). The summed E-state index contributed by atoms with van der Waals surface area (Å²) in [6.45, 7) is 3.49. The first-order valence-electron chi connectivity index (χ1n) is 5.88. The second kappa shape index (κ2) is 7.06. The Labute approximate surface area is 110 Å². The molecule has 0 aliphatic rings. The average molecular weight is 267 g/mol. The number of Topliss-reactive ketones (excluding diaryl/α,β-unsaturated/α-hetero) is 1. The molecule has 0 aliphatic carbocycles. The predicted octanol–water partition coefficient (Wildman–Crippen LogP) is 1.37. The van der Waals surface area contributed by atoms with Gasteiger partial charge in [0.1, 0.15) is 6.29 Å². The highest BCUT2D eigenvalue weighted by Gasteiger charge is 2.13. The lowest BCUT2D eigenvalue weighted by molar-refractivity contribution is -0.129. The van der Waals surface area contributed by atoms with E-state index in [1.54, 1.807) is 11.3 Å². The normalized spacial score (nSPS) is 11.9. The summed E-state index contributed by atoms with van der Waals surface area (Å²) in [5.74, 6) is -1.11.